The van der Waals surface area contributed by atoms with Crippen LogP contribution < -0.4 is 16.2 Å². The largest absolute Gasteiger partial charge is 0.462 e. The van der Waals surface area contributed by atoms with E-state index >= 15 is 0 Å². The molecule has 9 nitrogen and oxygen atoms in total. The average Bonchev–Trinajstić information content (AvgIpc) is 3.54. The van der Waals surface area contributed by atoms with Crippen LogP contribution in [-0.4, -0.2) is 40.1 Å². The lowest BCUT2D eigenvalue weighted by Gasteiger charge is -2.07. The van der Waals surface area contributed by atoms with Gasteiger partial charge >= 0.3 is 5.97 Å². The van der Waals surface area contributed by atoms with Crippen LogP contribution in [0, 0.1) is 6.92 Å². The molecule has 0 aliphatic heterocycles. The number of rotatable bonds is 9. The minimum atomic E-state index is -0.633. The van der Waals surface area contributed by atoms with Crippen LogP contribution >= 0.6 is 34.4 Å². The first-order chi connectivity index (χ1) is 19.9. The molecule has 0 fully saturated rings. The summed E-state index contributed by atoms with van der Waals surface area (Å²) in [7, 11) is 0. The molecule has 2 amide bonds. The van der Waals surface area contributed by atoms with Crippen molar-refractivity contribution >= 4 is 73.1 Å². The molecule has 0 saturated carbocycles. The van der Waals surface area contributed by atoms with Gasteiger partial charge in [-0.15, -0.1) is 22.7 Å². The number of ether oxygens (including phenoxy) is 1. The van der Waals surface area contributed by atoms with Crippen LogP contribution in [0.1, 0.15) is 32.5 Å². The van der Waals surface area contributed by atoms with Crippen molar-refractivity contribution in [2.75, 3.05) is 23.0 Å². The van der Waals surface area contributed by atoms with Crippen molar-refractivity contribution in [3.8, 4) is 11.1 Å². The smallest absolute Gasteiger partial charge is 0.341 e. The quantitative estimate of drug-likeness (QED) is 0.104. The van der Waals surface area contributed by atoms with Gasteiger partial charge in [-0.2, -0.15) is 0 Å². The summed E-state index contributed by atoms with van der Waals surface area (Å²) in [4.78, 5) is 59.8. The van der Waals surface area contributed by atoms with Gasteiger partial charge in [-0.3, -0.25) is 14.4 Å². The molecule has 41 heavy (non-hydrogen) atoms. The molecule has 5 rings (SSSR count). The molecule has 12 heteroatoms. The van der Waals surface area contributed by atoms with Gasteiger partial charge in [-0.05, 0) is 37.1 Å². The van der Waals surface area contributed by atoms with E-state index in [0.29, 0.717) is 26.6 Å². The van der Waals surface area contributed by atoms with Crippen molar-refractivity contribution in [1.29, 1.82) is 0 Å². The first-order valence-corrected chi connectivity index (χ1v) is 15.2. The van der Waals surface area contributed by atoms with Crippen LogP contribution in [0.25, 0.3) is 21.3 Å². The van der Waals surface area contributed by atoms with Crippen molar-refractivity contribution in [3.05, 3.63) is 92.4 Å². The minimum Gasteiger partial charge on any atom is -0.462 e. The standard InChI is InChI=1S/C29H24N4O5S3/c1-3-38-28(37)21-16(2)23(25(36)30-18-12-8-5-9-13-18)41-27(21)31-20(34)15-40-29-32-24(35)22-19(14-39-26(22)33-29)17-10-6-4-7-11-17/h4-14H,3,15H2,1-2H3,(H,30,36)(H,31,34)(H,32,33,35). The summed E-state index contributed by atoms with van der Waals surface area (Å²) in [6, 6.07) is 18.5. The highest BCUT2D eigenvalue weighted by molar-refractivity contribution is 7.99. The second-order valence-electron chi connectivity index (χ2n) is 8.70. The summed E-state index contributed by atoms with van der Waals surface area (Å²) in [5.41, 5.74) is 2.59. The van der Waals surface area contributed by atoms with Crippen LogP contribution in [0.2, 0.25) is 0 Å². The lowest BCUT2D eigenvalue weighted by Crippen LogP contribution is -2.17. The van der Waals surface area contributed by atoms with Gasteiger partial charge < -0.3 is 20.4 Å². The van der Waals surface area contributed by atoms with E-state index in [2.05, 4.69) is 20.6 Å². The number of thioether (sulfide) groups is 1. The molecular weight excluding hydrogens is 581 g/mol. The maximum Gasteiger partial charge on any atom is 0.341 e. The number of nitrogens with zero attached hydrogens (tertiary/aromatic N) is 1. The predicted octanol–water partition coefficient (Wildman–Crippen LogP) is 6.18. The Kier molecular flexibility index (Phi) is 8.62. The maximum atomic E-state index is 13.0. The summed E-state index contributed by atoms with van der Waals surface area (Å²) in [6.07, 6.45) is 0. The number of hydrogen-bond donors (Lipinski definition) is 3. The second-order valence-corrected chi connectivity index (χ2v) is 11.5. The Morgan fingerprint density at radius 1 is 1.02 bits per heavy atom. The third kappa shape index (κ3) is 6.24. The number of carbonyl (C=O) groups is 3. The molecule has 2 aromatic carbocycles. The fourth-order valence-electron chi connectivity index (χ4n) is 4.10. The van der Waals surface area contributed by atoms with Crippen LogP contribution in [0.5, 0.6) is 0 Å². The lowest BCUT2D eigenvalue weighted by atomic mass is 10.1. The summed E-state index contributed by atoms with van der Waals surface area (Å²) < 4.78 is 5.19. The van der Waals surface area contributed by atoms with Gasteiger partial charge in [0.1, 0.15) is 9.83 Å². The van der Waals surface area contributed by atoms with Gasteiger partial charge in [-0.1, -0.05) is 60.3 Å². The van der Waals surface area contributed by atoms with Crippen molar-refractivity contribution in [2.45, 2.75) is 19.0 Å². The van der Waals surface area contributed by atoms with Crippen molar-refractivity contribution in [2.24, 2.45) is 0 Å². The van der Waals surface area contributed by atoms with E-state index in [4.69, 9.17) is 4.74 Å². The molecule has 0 bridgehead atoms. The van der Waals surface area contributed by atoms with E-state index in [1.165, 1.54) is 11.3 Å². The molecule has 0 unspecified atom stereocenters. The number of esters is 1. The molecule has 3 N–H and O–H groups in total. The van der Waals surface area contributed by atoms with Crippen molar-refractivity contribution in [1.82, 2.24) is 9.97 Å². The van der Waals surface area contributed by atoms with Crippen LogP contribution in [0.15, 0.2) is 76.0 Å². The normalized spacial score (nSPS) is 10.9. The highest BCUT2D eigenvalue weighted by Gasteiger charge is 2.27. The summed E-state index contributed by atoms with van der Waals surface area (Å²) in [6.45, 7) is 3.46. The average molecular weight is 605 g/mol. The number of benzene rings is 2. The molecule has 0 aliphatic carbocycles. The summed E-state index contributed by atoms with van der Waals surface area (Å²) >= 11 is 3.42. The Morgan fingerprint density at radius 2 is 1.73 bits per heavy atom. The van der Waals surface area contributed by atoms with Gasteiger partial charge in [0.05, 0.1) is 28.2 Å². The fourth-order valence-corrected chi connectivity index (χ4v) is 6.87. The molecule has 0 radical (unpaired) electrons. The van der Waals surface area contributed by atoms with Crippen LogP contribution in [-0.2, 0) is 9.53 Å². The first-order valence-electron chi connectivity index (χ1n) is 12.5. The molecule has 3 heterocycles. The Balaban J connectivity index is 1.33. The minimum absolute atomic E-state index is 0.0872. The molecule has 0 saturated heterocycles. The second kappa shape index (κ2) is 12.5. The van der Waals surface area contributed by atoms with E-state index in [1.54, 1.807) is 38.1 Å². The molecule has 0 aliphatic rings. The number of aromatic amines is 1. The van der Waals surface area contributed by atoms with E-state index in [-0.39, 0.29) is 33.4 Å². The fraction of sp³-hybridized carbons (Fsp3) is 0.138. The zero-order valence-electron chi connectivity index (χ0n) is 22.0. The Bertz CT molecular complexity index is 1800. The number of amides is 2. The summed E-state index contributed by atoms with van der Waals surface area (Å²) in [5.74, 6) is -1.56. The number of anilines is 2. The molecule has 208 valence electrons. The predicted molar refractivity (Wildman–Crippen MR) is 164 cm³/mol. The number of fused-ring (bicyclic) bond motifs is 1. The van der Waals surface area contributed by atoms with E-state index in [1.807, 2.05) is 41.8 Å². The van der Waals surface area contributed by atoms with Crippen LogP contribution in [0.3, 0.4) is 0 Å². The van der Waals surface area contributed by atoms with Crippen molar-refractivity contribution in [3.63, 3.8) is 0 Å². The number of para-hydroxylation sites is 1. The number of aromatic nitrogens is 2. The first kappa shape index (κ1) is 28.3. The van der Waals surface area contributed by atoms with Gasteiger partial charge in [-0.25, -0.2) is 9.78 Å². The molecule has 3 aromatic heterocycles. The molecule has 0 atom stereocenters. The van der Waals surface area contributed by atoms with Gasteiger partial charge in [0.25, 0.3) is 11.5 Å². The highest BCUT2D eigenvalue weighted by Crippen LogP contribution is 2.35. The van der Waals surface area contributed by atoms with Gasteiger partial charge in [0, 0.05) is 16.6 Å². The third-order valence-electron chi connectivity index (χ3n) is 5.96. The third-order valence-corrected chi connectivity index (χ3v) is 8.92. The SMILES string of the molecule is CCOC(=O)c1c(NC(=O)CSc2nc3scc(-c4ccccc4)c3c(=O)[nH]2)sc(C(=O)Nc2ccccc2)c1C. The number of nitrogens with one attached hydrogen (secondary N) is 3. The molecule has 0 spiro atoms. The van der Waals surface area contributed by atoms with Gasteiger partial charge in [0.2, 0.25) is 5.91 Å². The number of H-pyrrole nitrogens is 1. The zero-order valence-corrected chi connectivity index (χ0v) is 24.4. The van der Waals surface area contributed by atoms with E-state index in [9.17, 15) is 19.2 Å². The number of thiophene rings is 2. The Hall–Kier alpha value is -4.26. The highest BCUT2D eigenvalue weighted by atomic mass is 32.2. The Labute approximate surface area is 247 Å². The van der Waals surface area contributed by atoms with E-state index in [0.717, 1.165) is 34.2 Å². The topological polar surface area (TPSA) is 130 Å². The molecule has 5 aromatic rings. The lowest BCUT2D eigenvalue weighted by molar-refractivity contribution is -0.113. The number of hydrogen-bond acceptors (Lipinski definition) is 9. The van der Waals surface area contributed by atoms with E-state index < -0.39 is 17.8 Å². The maximum absolute atomic E-state index is 13.0. The van der Waals surface area contributed by atoms with Crippen LogP contribution in [0.4, 0.5) is 10.7 Å². The van der Waals surface area contributed by atoms with Gasteiger partial charge in [0.15, 0.2) is 5.16 Å². The van der Waals surface area contributed by atoms with Crippen molar-refractivity contribution < 1.29 is 19.1 Å². The number of carbonyl (C=O) groups excluding carboxylic acids is 3. The monoisotopic (exact) mass is 604 g/mol. The summed E-state index contributed by atoms with van der Waals surface area (Å²) in [5, 5.41) is 8.46. The zero-order chi connectivity index (χ0) is 28.9. The molecular formula is C29H24N4O5S3. The Morgan fingerprint density at radius 3 is 2.44 bits per heavy atom.